The normalized spacial score (nSPS) is 12.5. The van der Waals surface area contributed by atoms with E-state index in [1.165, 1.54) is 12.1 Å². The van der Waals surface area contributed by atoms with E-state index in [0.717, 1.165) is 12.3 Å². The summed E-state index contributed by atoms with van der Waals surface area (Å²) in [5.74, 6) is -0.105. The molecule has 0 radical (unpaired) electrons. The van der Waals surface area contributed by atoms with Gasteiger partial charge in [0.1, 0.15) is 5.75 Å². The van der Waals surface area contributed by atoms with E-state index in [1.807, 2.05) is 0 Å². The molecule has 3 nitrogen and oxygen atoms in total. The van der Waals surface area contributed by atoms with Crippen molar-refractivity contribution in [1.82, 2.24) is 0 Å². The summed E-state index contributed by atoms with van der Waals surface area (Å²) in [6.07, 6.45) is -4.62. The van der Waals surface area contributed by atoms with E-state index in [9.17, 15) is 21.6 Å². The van der Waals surface area contributed by atoms with Crippen LogP contribution in [-0.2, 0) is 16.5 Å². The molecule has 0 N–H and O–H groups in total. The van der Waals surface area contributed by atoms with Gasteiger partial charge in [-0.3, -0.25) is 0 Å². The van der Waals surface area contributed by atoms with E-state index in [-0.39, 0.29) is 11.3 Å². The summed E-state index contributed by atoms with van der Waals surface area (Å²) in [6.45, 7) is 1.56. The first-order valence-corrected chi connectivity index (χ1v) is 6.43. The van der Waals surface area contributed by atoms with Crippen molar-refractivity contribution in [2.24, 2.45) is 0 Å². The van der Waals surface area contributed by atoms with Crippen LogP contribution < -0.4 is 4.18 Å². The molecular formula is C10H11F3O3S. The zero-order chi connectivity index (χ0) is 13.3. The van der Waals surface area contributed by atoms with Crippen LogP contribution in [0.15, 0.2) is 18.2 Å². The van der Waals surface area contributed by atoms with Gasteiger partial charge in [-0.1, -0.05) is 6.07 Å². The Kier molecular flexibility index (Phi) is 3.71. The smallest absolute Gasteiger partial charge is 0.383 e. The SMILES string of the molecule is Cc1cc(CC(F)(F)F)cc(OS(C)(=O)=O)c1. The van der Waals surface area contributed by atoms with Crippen molar-refractivity contribution in [3.63, 3.8) is 0 Å². The number of halogens is 3. The molecule has 0 aliphatic heterocycles. The van der Waals surface area contributed by atoms with Gasteiger partial charge in [0.2, 0.25) is 0 Å². The Morgan fingerprint density at radius 1 is 1.24 bits per heavy atom. The van der Waals surface area contributed by atoms with Crippen molar-refractivity contribution in [3.8, 4) is 5.75 Å². The van der Waals surface area contributed by atoms with Crippen LogP contribution in [0.5, 0.6) is 5.75 Å². The molecule has 17 heavy (non-hydrogen) atoms. The first-order valence-electron chi connectivity index (χ1n) is 4.62. The predicted octanol–water partition coefficient (Wildman–Crippen LogP) is 2.44. The summed E-state index contributed by atoms with van der Waals surface area (Å²) in [4.78, 5) is 0. The highest BCUT2D eigenvalue weighted by molar-refractivity contribution is 7.86. The van der Waals surface area contributed by atoms with Crippen molar-refractivity contribution in [2.45, 2.75) is 19.5 Å². The lowest BCUT2D eigenvalue weighted by atomic mass is 10.1. The summed E-state index contributed by atoms with van der Waals surface area (Å²) in [5, 5.41) is 0. The third kappa shape index (κ3) is 5.58. The second kappa shape index (κ2) is 4.56. The summed E-state index contributed by atoms with van der Waals surface area (Å²) >= 11 is 0. The maximum atomic E-state index is 12.2. The standard InChI is InChI=1S/C10H11F3O3S/c1-7-3-8(6-10(11,12)13)5-9(4-7)16-17(2,14)15/h3-5H,6H2,1-2H3. The molecule has 0 saturated carbocycles. The highest BCUT2D eigenvalue weighted by Crippen LogP contribution is 2.25. The molecule has 0 saturated heterocycles. The Labute approximate surface area is 97.3 Å². The Hall–Kier alpha value is -1.24. The second-order valence-corrected chi connectivity index (χ2v) is 5.31. The molecule has 0 unspecified atom stereocenters. The summed E-state index contributed by atoms with van der Waals surface area (Å²) in [6, 6.07) is 3.77. The average Bonchev–Trinajstić information content (AvgIpc) is 1.93. The first kappa shape index (κ1) is 13.8. The van der Waals surface area contributed by atoms with Crippen LogP contribution >= 0.6 is 0 Å². The molecule has 0 fully saturated rings. The van der Waals surface area contributed by atoms with E-state index in [1.54, 1.807) is 6.92 Å². The van der Waals surface area contributed by atoms with Gasteiger partial charge in [-0.15, -0.1) is 0 Å². The van der Waals surface area contributed by atoms with E-state index in [2.05, 4.69) is 4.18 Å². The monoisotopic (exact) mass is 268 g/mol. The lowest BCUT2D eigenvalue weighted by Crippen LogP contribution is -2.12. The molecule has 0 atom stereocenters. The minimum absolute atomic E-state index is 0.0313. The van der Waals surface area contributed by atoms with Crippen LogP contribution in [0, 0.1) is 6.92 Å². The second-order valence-electron chi connectivity index (χ2n) is 3.73. The van der Waals surface area contributed by atoms with E-state index in [0.29, 0.717) is 5.56 Å². The maximum Gasteiger partial charge on any atom is 0.393 e. The Morgan fingerprint density at radius 2 is 1.82 bits per heavy atom. The molecule has 0 bridgehead atoms. The molecule has 1 aromatic rings. The summed E-state index contributed by atoms with van der Waals surface area (Å²) in [5.41, 5.74) is 0.474. The molecule has 0 amide bonds. The van der Waals surface area contributed by atoms with E-state index < -0.39 is 22.7 Å². The average molecular weight is 268 g/mol. The number of alkyl halides is 3. The van der Waals surface area contributed by atoms with Crippen LogP contribution in [0.4, 0.5) is 13.2 Å². The third-order valence-electron chi connectivity index (χ3n) is 1.76. The van der Waals surface area contributed by atoms with Gasteiger partial charge in [0.25, 0.3) is 0 Å². The van der Waals surface area contributed by atoms with Gasteiger partial charge in [-0.05, 0) is 30.2 Å². The molecular weight excluding hydrogens is 257 g/mol. The number of hydrogen-bond acceptors (Lipinski definition) is 3. The molecule has 1 rings (SSSR count). The fraction of sp³-hybridized carbons (Fsp3) is 0.400. The molecule has 0 aliphatic rings. The van der Waals surface area contributed by atoms with Crippen LogP contribution in [0.2, 0.25) is 0 Å². The lowest BCUT2D eigenvalue weighted by Gasteiger charge is -2.09. The summed E-state index contributed by atoms with van der Waals surface area (Å²) < 4.78 is 62.8. The molecule has 0 spiro atoms. The molecule has 1 aromatic carbocycles. The van der Waals surface area contributed by atoms with Crippen molar-refractivity contribution < 1.29 is 25.8 Å². The fourth-order valence-electron chi connectivity index (χ4n) is 1.38. The van der Waals surface area contributed by atoms with Crippen LogP contribution in [0.3, 0.4) is 0 Å². The van der Waals surface area contributed by atoms with Crippen LogP contribution in [0.1, 0.15) is 11.1 Å². The first-order chi connectivity index (χ1) is 7.55. The molecule has 7 heteroatoms. The van der Waals surface area contributed by atoms with Crippen molar-refractivity contribution >= 4 is 10.1 Å². The zero-order valence-corrected chi connectivity index (χ0v) is 10.0. The molecule has 0 aromatic heterocycles. The number of aryl methyl sites for hydroxylation is 1. The third-order valence-corrected chi connectivity index (χ3v) is 2.26. The molecule has 96 valence electrons. The van der Waals surface area contributed by atoms with Crippen molar-refractivity contribution in [3.05, 3.63) is 29.3 Å². The van der Waals surface area contributed by atoms with Gasteiger partial charge in [-0.25, -0.2) is 0 Å². The fourth-order valence-corrected chi connectivity index (χ4v) is 1.83. The minimum atomic E-state index is -4.34. The largest absolute Gasteiger partial charge is 0.393 e. The zero-order valence-electron chi connectivity index (χ0n) is 9.21. The van der Waals surface area contributed by atoms with Crippen molar-refractivity contribution in [1.29, 1.82) is 0 Å². The van der Waals surface area contributed by atoms with E-state index >= 15 is 0 Å². The van der Waals surface area contributed by atoms with Gasteiger partial charge in [-0.2, -0.15) is 21.6 Å². The molecule has 0 aliphatic carbocycles. The van der Waals surface area contributed by atoms with Gasteiger partial charge < -0.3 is 4.18 Å². The predicted molar refractivity (Wildman–Crippen MR) is 56.4 cm³/mol. The maximum absolute atomic E-state index is 12.2. The highest BCUT2D eigenvalue weighted by atomic mass is 32.2. The van der Waals surface area contributed by atoms with Crippen LogP contribution in [0.25, 0.3) is 0 Å². The lowest BCUT2D eigenvalue weighted by molar-refractivity contribution is -0.127. The molecule has 0 heterocycles. The topological polar surface area (TPSA) is 43.4 Å². The Bertz CT molecular complexity index is 506. The number of benzene rings is 1. The Morgan fingerprint density at radius 3 is 2.29 bits per heavy atom. The summed E-state index contributed by atoms with van der Waals surface area (Å²) in [7, 11) is -3.74. The van der Waals surface area contributed by atoms with Gasteiger partial charge in [0.15, 0.2) is 0 Å². The van der Waals surface area contributed by atoms with Gasteiger partial charge in [0.05, 0.1) is 12.7 Å². The number of rotatable bonds is 3. The Balaban J connectivity index is 3.03. The minimum Gasteiger partial charge on any atom is -0.383 e. The van der Waals surface area contributed by atoms with Gasteiger partial charge in [0, 0.05) is 0 Å². The quantitative estimate of drug-likeness (QED) is 0.791. The van der Waals surface area contributed by atoms with Gasteiger partial charge >= 0.3 is 16.3 Å². The van der Waals surface area contributed by atoms with Crippen molar-refractivity contribution in [2.75, 3.05) is 6.26 Å². The highest BCUT2D eigenvalue weighted by Gasteiger charge is 2.28. The van der Waals surface area contributed by atoms with E-state index in [4.69, 9.17) is 0 Å². The van der Waals surface area contributed by atoms with Crippen LogP contribution in [-0.4, -0.2) is 20.8 Å². The number of hydrogen-bond donors (Lipinski definition) is 0.